The van der Waals surface area contributed by atoms with E-state index in [2.05, 4.69) is 84.8 Å². The third kappa shape index (κ3) is 3.35. The molecule has 0 atom stereocenters. The van der Waals surface area contributed by atoms with Crippen LogP contribution in [-0.4, -0.2) is 36.8 Å². The van der Waals surface area contributed by atoms with Crippen molar-refractivity contribution in [2.45, 2.75) is 17.9 Å². The van der Waals surface area contributed by atoms with Gasteiger partial charge in [-0.05, 0) is 42.2 Å². The van der Waals surface area contributed by atoms with E-state index < -0.39 is 0 Å². The van der Waals surface area contributed by atoms with Gasteiger partial charge in [0, 0.05) is 25.6 Å². The summed E-state index contributed by atoms with van der Waals surface area (Å²) in [6.45, 7) is 4.38. The average Bonchev–Trinajstić information content (AvgIpc) is 3.07. The maximum absolute atomic E-state index is 4.62. The van der Waals surface area contributed by atoms with Crippen molar-refractivity contribution in [1.29, 1.82) is 0 Å². The lowest BCUT2D eigenvalue weighted by Gasteiger charge is -2.30. The zero-order valence-electron chi connectivity index (χ0n) is 14.7. The summed E-state index contributed by atoms with van der Waals surface area (Å²) in [4.78, 5) is 6.59. The van der Waals surface area contributed by atoms with Gasteiger partial charge in [0.15, 0.2) is 0 Å². The van der Waals surface area contributed by atoms with Crippen LogP contribution in [0.5, 0.6) is 0 Å². The van der Waals surface area contributed by atoms with Crippen LogP contribution in [0.2, 0.25) is 0 Å². The van der Waals surface area contributed by atoms with Crippen molar-refractivity contribution in [2.24, 2.45) is 4.99 Å². The Hall–Kier alpha value is -1.39. The van der Waals surface area contributed by atoms with Gasteiger partial charge in [-0.3, -0.25) is 0 Å². The van der Waals surface area contributed by atoms with Crippen molar-refractivity contribution in [3.63, 3.8) is 0 Å². The normalized spacial score (nSPS) is 16.7. The fourth-order valence-corrected chi connectivity index (χ4v) is 6.45. The molecule has 1 aliphatic rings. The first-order chi connectivity index (χ1) is 11.5. The minimum Gasteiger partial charge on any atom is -0.369 e. The molecule has 0 bridgehead atoms. The molecule has 0 spiro atoms. The second-order valence-electron chi connectivity index (χ2n) is 6.34. The molecule has 1 fully saturated rings. The second kappa shape index (κ2) is 7.24. The molecule has 0 aromatic heterocycles. The van der Waals surface area contributed by atoms with Crippen molar-refractivity contribution in [3.05, 3.63) is 64.7 Å². The smallest absolute Gasteiger partial charge is 0.112 e. The molecule has 1 aliphatic heterocycles. The third-order valence-corrected chi connectivity index (χ3v) is 7.68. The van der Waals surface area contributed by atoms with Gasteiger partial charge in [-0.25, -0.2) is 4.99 Å². The van der Waals surface area contributed by atoms with Gasteiger partial charge < -0.3 is 4.90 Å². The lowest BCUT2D eigenvalue weighted by molar-refractivity contribution is 0.643. The van der Waals surface area contributed by atoms with Crippen molar-refractivity contribution < 1.29 is 0 Å². The van der Waals surface area contributed by atoms with Crippen LogP contribution in [0.15, 0.2) is 47.5 Å². The van der Waals surface area contributed by atoms with E-state index in [9.17, 15) is 0 Å². The van der Waals surface area contributed by atoms with E-state index in [1.807, 2.05) is 25.3 Å². The molecule has 2 nitrogen and oxygen atoms in total. The topological polar surface area (TPSA) is 15.6 Å². The molecule has 126 valence electrons. The second-order valence-corrected chi connectivity index (χ2v) is 9.22. The molecule has 0 unspecified atom stereocenters. The Labute approximate surface area is 153 Å². The maximum atomic E-state index is 4.62. The van der Waals surface area contributed by atoms with Crippen LogP contribution in [0.3, 0.4) is 0 Å². The predicted octanol–water partition coefficient (Wildman–Crippen LogP) is 5.21. The van der Waals surface area contributed by atoms with Crippen LogP contribution in [0, 0.1) is 13.8 Å². The fourth-order valence-electron chi connectivity index (χ4n) is 3.02. The van der Waals surface area contributed by atoms with Crippen LogP contribution in [0.25, 0.3) is 0 Å². The molecule has 4 heteroatoms. The van der Waals surface area contributed by atoms with Gasteiger partial charge in [0.1, 0.15) is 4.08 Å². The molecule has 24 heavy (non-hydrogen) atoms. The van der Waals surface area contributed by atoms with Gasteiger partial charge in [0.2, 0.25) is 0 Å². The molecular weight excluding hydrogens is 332 g/mol. The summed E-state index contributed by atoms with van der Waals surface area (Å²) < 4.78 is 0.0138. The Morgan fingerprint density at radius 2 is 1.67 bits per heavy atom. The molecule has 2 aromatic rings. The highest BCUT2D eigenvalue weighted by Crippen LogP contribution is 2.57. The minimum atomic E-state index is 0.0138. The van der Waals surface area contributed by atoms with Crippen LogP contribution in [-0.2, 0) is 4.08 Å². The quantitative estimate of drug-likeness (QED) is 0.553. The van der Waals surface area contributed by atoms with E-state index in [0.29, 0.717) is 0 Å². The van der Waals surface area contributed by atoms with E-state index in [4.69, 9.17) is 0 Å². The minimum absolute atomic E-state index is 0.0138. The summed E-state index contributed by atoms with van der Waals surface area (Å²) in [5.74, 6) is 2.39. The van der Waals surface area contributed by atoms with Gasteiger partial charge in [-0.2, -0.15) is 0 Å². The summed E-state index contributed by atoms with van der Waals surface area (Å²) in [7, 11) is 3.99. The lowest BCUT2D eigenvalue weighted by atomic mass is 9.96. The molecule has 0 amide bonds. The molecule has 3 rings (SSSR count). The highest BCUT2D eigenvalue weighted by molar-refractivity contribution is 8.20. The monoisotopic (exact) mass is 356 g/mol. The number of hydrogen-bond acceptors (Lipinski definition) is 3. The van der Waals surface area contributed by atoms with Crippen LogP contribution >= 0.6 is 23.5 Å². The number of rotatable bonds is 4. The first kappa shape index (κ1) is 17.4. The van der Waals surface area contributed by atoms with E-state index >= 15 is 0 Å². The zero-order chi connectivity index (χ0) is 17.2. The summed E-state index contributed by atoms with van der Waals surface area (Å²) in [6.07, 6.45) is 1.87. The number of benzene rings is 2. The number of aliphatic imine (C=N–C) groups is 1. The van der Waals surface area contributed by atoms with Gasteiger partial charge in [0.25, 0.3) is 0 Å². The van der Waals surface area contributed by atoms with Crippen LogP contribution in [0.1, 0.15) is 22.3 Å². The Balaban J connectivity index is 2.09. The largest absolute Gasteiger partial charge is 0.369 e. The van der Waals surface area contributed by atoms with Gasteiger partial charge in [-0.15, -0.1) is 23.5 Å². The highest BCUT2D eigenvalue weighted by atomic mass is 32.2. The molecule has 0 N–H and O–H groups in total. The summed E-state index contributed by atoms with van der Waals surface area (Å²) in [6, 6.07) is 15.5. The van der Waals surface area contributed by atoms with Gasteiger partial charge in [0.05, 0.1) is 12.0 Å². The standard InChI is InChI=1S/C20H24N2S2/c1-15-13-19(21-14-22(3)4)16(2)12-18(15)20(23-10-11-24-20)17-8-6-5-7-9-17/h5-9,12-14H,10-11H2,1-4H3/b21-14-. The molecule has 1 heterocycles. The molecule has 2 aromatic carbocycles. The first-order valence-corrected chi connectivity index (χ1v) is 10.2. The van der Waals surface area contributed by atoms with E-state index in [1.54, 1.807) is 0 Å². The molecular formula is C20H24N2S2. The van der Waals surface area contributed by atoms with Crippen molar-refractivity contribution in [1.82, 2.24) is 4.90 Å². The number of aryl methyl sites for hydroxylation is 2. The predicted molar refractivity (Wildman–Crippen MR) is 110 cm³/mol. The van der Waals surface area contributed by atoms with Crippen molar-refractivity contribution in [3.8, 4) is 0 Å². The van der Waals surface area contributed by atoms with Gasteiger partial charge in [-0.1, -0.05) is 36.4 Å². The Bertz CT molecular complexity index is 733. The molecule has 0 saturated carbocycles. The number of nitrogens with zero attached hydrogens (tertiary/aromatic N) is 2. The molecule has 1 saturated heterocycles. The molecule has 0 aliphatic carbocycles. The van der Waals surface area contributed by atoms with Crippen molar-refractivity contribution in [2.75, 3.05) is 25.6 Å². The summed E-state index contributed by atoms with van der Waals surface area (Å²) >= 11 is 4.12. The number of hydrogen-bond donors (Lipinski definition) is 0. The van der Waals surface area contributed by atoms with E-state index in [-0.39, 0.29) is 4.08 Å². The SMILES string of the molecule is Cc1cc(C2(c3ccccc3)SCCS2)c(C)cc1/N=C\N(C)C. The molecule has 0 radical (unpaired) electrons. The number of thioether (sulfide) groups is 2. The Morgan fingerprint density at radius 3 is 2.29 bits per heavy atom. The van der Waals surface area contributed by atoms with Gasteiger partial charge >= 0.3 is 0 Å². The van der Waals surface area contributed by atoms with E-state index in [1.165, 1.54) is 33.8 Å². The summed E-state index contributed by atoms with van der Waals surface area (Å²) in [5.41, 5.74) is 6.42. The van der Waals surface area contributed by atoms with Crippen LogP contribution in [0.4, 0.5) is 5.69 Å². The van der Waals surface area contributed by atoms with Crippen molar-refractivity contribution >= 4 is 35.5 Å². The summed E-state index contributed by atoms with van der Waals surface area (Å²) in [5, 5.41) is 0. The lowest BCUT2D eigenvalue weighted by Crippen LogP contribution is -2.18. The average molecular weight is 357 g/mol. The Kier molecular flexibility index (Phi) is 5.26. The zero-order valence-corrected chi connectivity index (χ0v) is 16.4. The highest BCUT2D eigenvalue weighted by Gasteiger charge is 2.40. The third-order valence-electron chi connectivity index (χ3n) is 4.17. The Morgan fingerprint density at radius 1 is 1.00 bits per heavy atom. The fraction of sp³-hybridized carbons (Fsp3) is 0.350. The van der Waals surface area contributed by atoms with Crippen LogP contribution < -0.4 is 0 Å². The van der Waals surface area contributed by atoms with E-state index in [0.717, 1.165) is 5.69 Å². The maximum Gasteiger partial charge on any atom is 0.112 e. The first-order valence-electron chi connectivity index (χ1n) is 8.19.